The number of carboxylic acids is 1. The van der Waals surface area contributed by atoms with Crippen molar-refractivity contribution >= 4 is 17.3 Å². The SMILES string of the molecule is N#Cc1c(-c2ccco2)cc(-c2cccs2)nc1OCc1ccc(C(=O)O)cc1. The molecule has 0 aliphatic heterocycles. The molecule has 3 aromatic heterocycles. The van der Waals surface area contributed by atoms with E-state index in [4.69, 9.17) is 14.3 Å². The molecule has 6 nitrogen and oxygen atoms in total. The molecule has 29 heavy (non-hydrogen) atoms. The molecule has 0 fully saturated rings. The average molecular weight is 402 g/mol. The third-order valence-electron chi connectivity index (χ3n) is 4.23. The van der Waals surface area contributed by atoms with Crippen molar-refractivity contribution in [1.82, 2.24) is 4.98 Å². The van der Waals surface area contributed by atoms with Crippen LogP contribution in [0.4, 0.5) is 0 Å². The Kier molecular flexibility index (Phi) is 5.10. The molecule has 0 saturated heterocycles. The van der Waals surface area contributed by atoms with Crippen LogP contribution in [0.5, 0.6) is 5.88 Å². The third-order valence-corrected chi connectivity index (χ3v) is 5.13. The van der Waals surface area contributed by atoms with Crippen molar-refractivity contribution in [1.29, 1.82) is 5.26 Å². The van der Waals surface area contributed by atoms with E-state index in [-0.39, 0.29) is 23.6 Å². The number of ether oxygens (including phenoxy) is 1. The molecule has 0 atom stereocenters. The van der Waals surface area contributed by atoms with Gasteiger partial charge in [0.1, 0.15) is 24.0 Å². The fourth-order valence-corrected chi connectivity index (χ4v) is 3.49. The maximum atomic E-state index is 11.0. The van der Waals surface area contributed by atoms with E-state index >= 15 is 0 Å². The number of rotatable bonds is 6. The zero-order valence-electron chi connectivity index (χ0n) is 15.0. The first-order valence-corrected chi connectivity index (χ1v) is 9.51. The highest BCUT2D eigenvalue weighted by Gasteiger charge is 2.18. The van der Waals surface area contributed by atoms with Crippen molar-refractivity contribution in [2.24, 2.45) is 0 Å². The second-order valence-electron chi connectivity index (χ2n) is 6.09. The predicted molar refractivity (Wildman–Crippen MR) is 108 cm³/mol. The number of carbonyl (C=O) groups is 1. The van der Waals surface area contributed by atoms with Gasteiger partial charge >= 0.3 is 5.97 Å². The van der Waals surface area contributed by atoms with E-state index in [1.165, 1.54) is 23.5 Å². The van der Waals surface area contributed by atoms with Crippen LogP contribution in [0.15, 0.2) is 70.7 Å². The van der Waals surface area contributed by atoms with Gasteiger partial charge < -0.3 is 14.3 Å². The molecular formula is C22H14N2O4S. The Hall–Kier alpha value is -3.89. The Labute approximate surface area is 170 Å². The van der Waals surface area contributed by atoms with Crippen LogP contribution in [-0.2, 0) is 6.61 Å². The normalized spacial score (nSPS) is 10.4. The second kappa shape index (κ2) is 8.00. The van der Waals surface area contributed by atoms with Crippen molar-refractivity contribution in [3.63, 3.8) is 0 Å². The zero-order chi connectivity index (χ0) is 20.2. The maximum absolute atomic E-state index is 11.0. The number of hydrogen-bond donors (Lipinski definition) is 1. The Morgan fingerprint density at radius 2 is 2.03 bits per heavy atom. The smallest absolute Gasteiger partial charge is 0.335 e. The average Bonchev–Trinajstić information content (AvgIpc) is 3.46. The summed E-state index contributed by atoms with van der Waals surface area (Å²) in [5.41, 5.74) is 2.53. The summed E-state index contributed by atoms with van der Waals surface area (Å²) in [6, 6.07) is 17.8. The molecule has 142 valence electrons. The third kappa shape index (κ3) is 3.88. The Balaban J connectivity index is 1.71. The maximum Gasteiger partial charge on any atom is 0.335 e. The van der Waals surface area contributed by atoms with Crippen molar-refractivity contribution in [2.45, 2.75) is 6.61 Å². The topological polar surface area (TPSA) is 96.4 Å². The van der Waals surface area contributed by atoms with Crippen LogP contribution in [0.25, 0.3) is 21.9 Å². The number of carboxylic acid groups (broad SMARTS) is 1. The van der Waals surface area contributed by atoms with Crippen molar-refractivity contribution in [3.8, 4) is 33.8 Å². The number of aromatic carboxylic acids is 1. The number of pyridine rings is 1. The van der Waals surface area contributed by atoms with Gasteiger partial charge in [-0.2, -0.15) is 5.26 Å². The molecule has 0 aliphatic rings. The monoisotopic (exact) mass is 402 g/mol. The fraction of sp³-hybridized carbons (Fsp3) is 0.0455. The molecule has 0 radical (unpaired) electrons. The molecule has 4 rings (SSSR count). The molecule has 0 aliphatic carbocycles. The highest BCUT2D eigenvalue weighted by Crippen LogP contribution is 2.35. The van der Waals surface area contributed by atoms with Crippen LogP contribution in [-0.4, -0.2) is 16.1 Å². The first-order chi connectivity index (χ1) is 14.2. The van der Waals surface area contributed by atoms with Gasteiger partial charge in [-0.1, -0.05) is 18.2 Å². The van der Waals surface area contributed by atoms with Crippen LogP contribution in [0.3, 0.4) is 0 Å². The van der Waals surface area contributed by atoms with E-state index in [1.54, 1.807) is 30.5 Å². The van der Waals surface area contributed by atoms with Gasteiger partial charge in [0, 0.05) is 5.56 Å². The summed E-state index contributed by atoms with van der Waals surface area (Å²) in [6.07, 6.45) is 1.55. The zero-order valence-corrected chi connectivity index (χ0v) is 15.8. The van der Waals surface area contributed by atoms with Crippen LogP contribution in [0.1, 0.15) is 21.5 Å². The predicted octanol–water partition coefficient (Wildman–Crippen LogP) is 5.22. The lowest BCUT2D eigenvalue weighted by Gasteiger charge is -2.12. The lowest BCUT2D eigenvalue weighted by Crippen LogP contribution is -2.03. The number of nitrogens with zero attached hydrogens (tertiary/aromatic N) is 2. The lowest BCUT2D eigenvalue weighted by molar-refractivity contribution is 0.0697. The molecule has 0 spiro atoms. The van der Waals surface area contributed by atoms with Gasteiger partial charge in [-0.05, 0) is 47.3 Å². The fourth-order valence-electron chi connectivity index (χ4n) is 2.81. The van der Waals surface area contributed by atoms with Crippen LogP contribution < -0.4 is 4.74 Å². The summed E-state index contributed by atoms with van der Waals surface area (Å²) in [5, 5.41) is 20.7. The molecule has 0 unspecified atom stereocenters. The van der Waals surface area contributed by atoms with Crippen LogP contribution in [0.2, 0.25) is 0 Å². The Bertz CT molecular complexity index is 1180. The summed E-state index contributed by atoms with van der Waals surface area (Å²) in [7, 11) is 0. The molecule has 4 aromatic rings. The van der Waals surface area contributed by atoms with Gasteiger partial charge in [-0.25, -0.2) is 9.78 Å². The van der Waals surface area contributed by atoms with Crippen LogP contribution >= 0.6 is 11.3 Å². The number of thiophene rings is 1. The summed E-state index contributed by atoms with van der Waals surface area (Å²) in [6.45, 7) is 0.146. The minimum Gasteiger partial charge on any atom is -0.478 e. The van der Waals surface area contributed by atoms with Crippen molar-refractivity contribution < 1.29 is 19.1 Å². The van der Waals surface area contributed by atoms with Crippen LogP contribution in [0, 0.1) is 11.3 Å². The molecule has 0 bridgehead atoms. The van der Waals surface area contributed by atoms with Crippen molar-refractivity contribution in [3.05, 3.63) is 82.9 Å². The summed E-state index contributed by atoms with van der Waals surface area (Å²) in [4.78, 5) is 16.5. The second-order valence-corrected chi connectivity index (χ2v) is 7.04. The minimum atomic E-state index is -0.988. The molecule has 0 saturated carbocycles. The van der Waals surface area contributed by atoms with Gasteiger partial charge in [0.05, 0.1) is 22.4 Å². The van der Waals surface area contributed by atoms with E-state index in [0.29, 0.717) is 17.0 Å². The highest BCUT2D eigenvalue weighted by molar-refractivity contribution is 7.13. The quantitative estimate of drug-likeness (QED) is 0.475. The highest BCUT2D eigenvalue weighted by atomic mass is 32.1. The van der Waals surface area contributed by atoms with E-state index in [2.05, 4.69) is 11.1 Å². The Morgan fingerprint density at radius 3 is 2.66 bits per heavy atom. The van der Waals surface area contributed by atoms with E-state index in [0.717, 1.165) is 10.4 Å². The molecule has 0 amide bonds. The summed E-state index contributed by atoms with van der Waals surface area (Å²) < 4.78 is 11.4. The first-order valence-electron chi connectivity index (χ1n) is 8.63. The number of furan rings is 1. The number of benzene rings is 1. The molecule has 1 aromatic carbocycles. The van der Waals surface area contributed by atoms with Crippen molar-refractivity contribution in [2.75, 3.05) is 0 Å². The van der Waals surface area contributed by atoms with E-state index in [9.17, 15) is 10.1 Å². The first kappa shape index (κ1) is 18.5. The van der Waals surface area contributed by atoms with Gasteiger partial charge in [0.15, 0.2) is 0 Å². The standard InChI is InChI=1S/C22H14N2O4S/c23-12-17-16(19-3-1-9-27-19)11-18(20-4-2-10-29-20)24-21(17)28-13-14-5-7-15(8-6-14)22(25)26/h1-11H,13H2,(H,25,26). The number of hydrogen-bond acceptors (Lipinski definition) is 6. The van der Waals surface area contributed by atoms with Gasteiger partial charge in [-0.15, -0.1) is 11.3 Å². The largest absolute Gasteiger partial charge is 0.478 e. The molecule has 3 heterocycles. The van der Waals surface area contributed by atoms with E-state index < -0.39 is 5.97 Å². The molecular weight excluding hydrogens is 388 g/mol. The Morgan fingerprint density at radius 1 is 1.21 bits per heavy atom. The lowest BCUT2D eigenvalue weighted by atomic mass is 10.1. The number of nitriles is 1. The molecule has 1 N–H and O–H groups in total. The van der Waals surface area contributed by atoms with Gasteiger partial charge in [0.2, 0.25) is 5.88 Å². The van der Waals surface area contributed by atoms with Gasteiger partial charge in [-0.3, -0.25) is 0 Å². The van der Waals surface area contributed by atoms with E-state index in [1.807, 2.05) is 23.6 Å². The summed E-state index contributed by atoms with van der Waals surface area (Å²) >= 11 is 1.54. The van der Waals surface area contributed by atoms with Gasteiger partial charge in [0.25, 0.3) is 0 Å². The summed E-state index contributed by atoms with van der Waals surface area (Å²) in [5.74, 6) is -0.234. The minimum absolute atomic E-state index is 0.146. The molecule has 7 heteroatoms. The number of aromatic nitrogens is 1.